The van der Waals surface area contributed by atoms with Crippen molar-refractivity contribution in [2.45, 2.75) is 77.3 Å². The van der Waals surface area contributed by atoms with Crippen LogP contribution in [0.1, 0.15) is 59.3 Å². The van der Waals surface area contributed by atoms with Crippen molar-refractivity contribution in [1.82, 2.24) is 0 Å². The average Bonchev–Trinajstić information content (AvgIpc) is 2.88. The number of methoxy groups -OCH3 is 1. The molecule has 0 bridgehead atoms. The monoisotopic (exact) mass is 416 g/mol. The first-order valence-electron chi connectivity index (χ1n) is 9.16. The van der Waals surface area contributed by atoms with E-state index in [1.165, 1.54) is 39.7 Å². The van der Waals surface area contributed by atoms with Gasteiger partial charge in [-0.15, -0.1) is 0 Å². The number of ether oxygens (including phenoxy) is 2. The van der Waals surface area contributed by atoms with Gasteiger partial charge in [-0.2, -0.15) is 0 Å². The van der Waals surface area contributed by atoms with Crippen LogP contribution in [-0.2, 0) is 32.0 Å². The minimum absolute atomic E-state index is 0.0456. The van der Waals surface area contributed by atoms with E-state index in [1.54, 1.807) is 6.92 Å². The highest BCUT2D eigenvalue weighted by atomic mass is 31.3. The van der Waals surface area contributed by atoms with Gasteiger partial charge in [0.1, 0.15) is 0 Å². The zero-order chi connectivity index (χ0) is 19.8. The van der Waals surface area contributed by atoms with Crippen LogP contribution in [0.5, 0.6) is 0 Å². The summed E-state index contributed by atoms with van der Waals surface area (Å²) < 4.78 is 49.7. The molecule has 0 aromatic heterocycles. The minimum Gasteiger partial charge on any atom is -0.373 e. The maximum Gasteiger partial charge on any atom is 0.479 e. The van der Waals surface area contributed by atoms with Gasteiger partial charge in [-0.25, -0.2) is 8.88 Å². The normalized spacial score (nSPS) is 24.8. The van der Waals surface area contributed by atoms with Crippen molar-refractivity contribution in [2.75, 3.05) is 20.8 Å². The zero-order valence-electron chi connectivity index (χ0n) is 16.5. The number of rotatable bonds is 11. The summed E-state index contributed by atoms with van der Waals surface area (Å²) in [7, 11) is -6.09. The standard InChI is InChI=1S/C16H34O8P2/c1-13(23-14(2)16-10-8-6-7-9-11-16)12-22-26(18,19)24-25(17,21-5)15(3)20-4/h13-16H,6-12H2,1-5H3,(H,18,19). The molecule has 0 aromatic carbocycles. The summed E-state index contributed by atoms with van der Waals surface area (Å²) in [5.41, 5.74) is 0. The molecule has 0 saturated heterocycles. The quantitative estimate of drug-likeness (QED) is 0.382. The van der Waals surface area contributed by atoms with Crippen LogP contribution in [0.25, 0.3) is 0 Å². The third-order valence-electron chi connectivity index (χ3n) is 4.74. The number of phosphoric acid groups is 1. The van der Waals surface area contributed by atoms with E-state index in [-0.39, 0.29) is 12.7 Å². The van der Waals surface area contributed by atoms with Crippen molar-refractivity contribution in [2.24, 2.45) is 5.92 Å². The van der Waals surface area contributed by atoms with Gasteiger partial charge >= 0.3 is 15.4 Å². The van der Waals surface area contributed by atoms with Gasteiger partial charge in [0, 0.05) is 14.2 Å². The molecule has 1 N–H and O–H groups in total. The van der Waals surface area contributed by atoms with E-state index in [2.05, 4.69) is 0 Å². The molecule has 0 heterocycles. The van der Waals surface area contributed by atoms with E-state index in [9.17, 15) is 14.0 Å². The number of phosphoric ester groups is 1. The SMILES string of the molecule is COC(C)P(=O)(OC)OP(=O)(O)OCC(C)OC(C)C1CCCCCC1. The average molecular weight is 416 g/mol. The summed E-state index contributed by atoms with van der Waals surface area (Å²) in [6.07, 6.45) is 6.90. The van der Waals surface area contributed by atoms with Gasteiger partial charge in [-0.3, -0.25) is 9.09 Å². The molecule has 1 aliphatic carbocycles. The fourth-order valence-electron chi connectivity index (χ4n) is 3.04. The Bertz CT molecular complexity index is 493. The fourth-order valence-corrected chi connectivity index (χ4v) is 6.13. The summed E-state index contributed by atoms with van der Waals surface area (Å²) in [6, 6.07) is 0. The van der Waals surface area contributed by atoms with E-state index in [4.69, 9.17) is 22.8 Å². The maximum absolute atomic E-state index is 12.4. The van der Waals surface area contributed by atoms with E-state index in [1.807, 2.05) is 6.92 Å². The summed E-state index contributed by atoms with van der Waals surface area (Å²) in [6.45, 7) is 5.06. The Morgan fingerprint density at radius 3 is 2.12 bits per heavy atom. The Kier molecular flexibility index (Phi) is 10.5. The Morgan fingerprint density at radius 2 is 1.62 bits per heavy atom. The maximum atomic E-state index is 12.4. The Balaban J connectivity index is 2.49. The highest BCUT2D eigenvalue weighted by Crippen LogP contribution is 2.65. The molecule has 8 nitrogen and oxygen atoms in total. The lowest BCUT2D eigenvalue weighted by Gasteiger charge is -2.27. The summed E-state index contributed by atoms with van der Waals surface area (Å²) in [5.74, 6) is -0.506. The van der Waals surface area contributed by atoms with Crippen LogP contribution in [0.4, 0.5) is 0 Å². The lowest BCUT2D eigenvalue weighted by Crippen LogP contribution is -2.27. The molecule has 0 radical (unpaired) electrons. The molecule has 156 valence electrons. The predicted octanol–water partition coefficient (Wildman–Crippen LogP) is 4.72. The largest absolute Gasteiger partial charge is 0.479 e. The third-order valence-corrected chi connectivity index (χ3v) is 8.56. The summed E-state index contributed by atoms with van der Waals surface area (Å²) in [4.78, 5) is 9.84. The van der Waals surface area contributed by atoms with Gasteiger partial charge < -0.3 is 18.9 Å². The van der Waals surface area contributed by atoms with Crippen LogP contribution in [0.15, 0.2) is 0 Å². The molecular weight excluding hydrogens is 382 g/mol. The number of hydrogen-bond acceptors (Lipinski definition) is 7. The molecule has 1 aliphatic rings. The molecular formula is C16H34O8P2. The molecule has 0 amide bonds. The van der Waals surface area contributed by atoms with Crippen molar-refractivity contribution in [3.05, 3.63) is 0 Å². The molecule has 10 heteroatoms. The second kappa shape index (κ2) is 11.3. The van der Waals surface area contributed by atoms with E-state index in [0.717, 1.165) is 20.0 Å². The number of hydrogen-bond donors (Lipinski definition) is 1. The fraction of sp³-hybridized carbons (Fsp3) is 1.00. The molecule has 1 saturated carbocycles. The second-order valence-corrected chi connectivity index (χ2v) is 10.8. The van der Waals surface area contributed by atoms with Gasteiger partial charge in [0.25, 0.3) is 0 Å². The van der Waals surface area contributed by atoms with Gasteiger partial charge in [0.15, 0.2) is 5.85 Å². The highest BCUT2D eigenvalue weighted by Gasteiger charge is 2.41. The Morgan fingerprint density at radius 1 is 1.04 bits per heavy atom. The molecule has 26 heavy (non-hydrogen) atoms. The van der Waals surface area contributed by atoms with Crippen molar-refractivity contribution in [3.63, 3.8) is 0 Å². The van der Waals surface area contributed by atoms with Crippen molar-refractivity contribution in [3.8, 4) is 0 Å². The van der Waals surface area contributed by atoms with Crippen molar-refractivity contribution >= 4 is 15.4 Å². The van der Waals surface area contributed by atoms with Crippen LogP contribution in [0, 0.1) is 5.92 Å². The second-order valence-electron chi connectivity index (χ2n) is 6.81. The first-order chi connectivity index (χ1) is 12.1. The van der Waals surface area contributed by atoms with Gasteiger partial charge in [0.2, 0.25) is 0 Å². The van der Waals surface area contributed by atoms with E-state index in [0.29, 0.717) is 5.92 Å². The smallest absolute Gasteiger partial charge is 0.373 e. The molecule has 1 fully saturated rings. The lowest BCUT2D eigenvalue weighted by atomic mass is 9.95. The third kappa shape index (κ3) is 8.07. The molecule has 0 aromatic rings. The molecule has 0 spiro atoms. The van der Waals surface area contributed by atoms with Gasteiger partial charge in [0.05, 0.1) is 18.8 Å². The molecule has 0 aliphatic heterocycles. The van der Waals surface area contributed by atoms with Crippen molar-refractivity contribution < 1.29 is 36.9 Å². The molecule has 5 unspecified atom stereocenters. The van der Waals surface area contributed by atoms with Crippen LogP contribution in [0.2, 0.25) is 0 Å². The van der Waals surface area contributed by atoms with Crippen LogP contribution in [-0.4, -0.2) is 43.8 Å². The molecule has 5 atom stereocenters. The first kappa shape index (κ1) is 24.3. The minimum atomic E-state index is -4.58. The highest BCUT2D eigenvalue weighted by molar-refractivity contribution is 7.64. The van der Waals surface area contributed by atoms with Crippen LogP contribution < -0.4 is 0 Å². The Labute approximate surface area is 157 Å². The molecule has 1 rings (SSSR count). The Hall–Kier alpha value is 0.220. The summed E-state index contributed by atoms with van der Waals surface area (Å²) in [5, 5.41) is 0. The van der Waals surface area contributed by atoms with E-state index >= 15 is 0 Å². The van der Waals surface area contributed by atoms with Gasteiger partial charge in [-0.1, -0.05) is 25.7 Å². The van der Waals surface area contributed by atoms with Crippen molar-refractivity contribution in [1.29, 1.82) is 0 Å². The predicted molar refractivity (Wildman–Crippen MR) is 99.1 cm³/mol. The van der Waals surface area contributed by atoms with Crippen LogP contribution >= 0.6 is 15.4 Å². The summed E-state index contributed by atoms with van der Waals surface area (Å²) >= 11 is 0. The lowest BCUT2D eigenvalue weighted by molar-refractivity contribution is -0.0483. The van der Waals surface area contributed by atoms with Gasteiger partial charge in [-0.05, 0) is 39.5 Å². The zero-order valence-corrected chi connectivity index (χ0v) is 18.2. The van der Waals surface area contributed by atoms with E-state index < -0.39 is 27.4 Å². The van der Waals surface area contributed by atoms with Crippen LogP contribution in [0.3, 0.4) is 0 Å². The topological polar surface area (TPSA) is 101 Å². The first-order valence-corrected chi connectivity index (χ1v) is 12.3.